The van der Waals surface area contributed by atoms with E-state index < -0.39 is 10.0 Å². The smallest absolute Gasteiger partial charge is 0.238 e. The molecule has 0 radical (unpaired) electrons. The lowest BCUT2D eigenvalue weighted by Crippen LogP contribution is -2.41. The van der Waals surface area contributed by atoms with Crippen LogP contribution in [0.2, 0.25) is 0 Å². The van der Waals surface area contributed by atoms with E-state index in [9.17, 15) is 8.42 Å². The summed E-state index contributed by atoms with van der Waals surface area (Å²) < 4.78 is 22.4. The van der Waals surface area contributed by atoms with Gasteiger partial charge in [0.2, 0.25) is 10.0 Å². The molecule has 0 aliphatic carbocycles. The number of nitrogens with two attached hydrogens (primary N) is 1. The van der Waals surface area contributed by atoms with Crippen LogP contribution in [0.3, 0.4) is 0 Å². The molecule has 1 unspecified atom stereocenters. The SMILES string of the molecule is CCCCCC(C)NC(=NC)NCc1ccc(S(N)(=O)=O)cc1.I. The first kappa shape index (κ1) is 23.1. The molecule has 0 aliphatic heterocycles. The van der Waals surface area contributed by atoms with Crippen LogP contribution in [0.25, 0.3) is 0 Å². The van der Waals surface area contributed by atoms with Crippen molar-refractivity contribution in [3.05, 3.63) is 29.8 Å². The third-order valence-corrected chi connectivity index (χ3v) is 4.49. The Bertz CT molecular complexity index is 603. The number of nitrogens with zero attached hydrogens (tertiary/aromatic N) is 1. The van der Waals surface area contributed by atoms with Crippen molar-refractivity contribution in [2.75, 3.05) is 7.05 Å². The molecule has 1 atom stereocenters. The van der Waals surface area contributed by atoms with Crippen molar-refractivity contribution in [3.63, 3.8) is 0 Å². The Morgan fingerprint density at radius 1 is 1.25 bits per heavy atom. The van der Waals surface area contributed by atoms with E-state index in [1.165, 1.54) is 31.4 Å². The van der Waals surface area contributed by atoms with Crippen LogP contribution >= 0.6 is 24.0 Å². The predicted octanol–water partition coefficient (Wildman–Crippen LogP) is 2.59. The summed E-state index contributed by atoms with van der Waals surface area (Å²) in [5.74, 6) is 0.740. The molecule has 0 saturated carbocycles. The summed E-state index contributed by atoms with van der Waals surface area (Å²) in [4.78, 5) is 4.33. The van der Waals surface area contributed by atoms with E-state index >= 15 is 0 Å². The van der Waals surface area contributed by atoms with E-state index in [2.05, 4.69) is 29.5 Å². The molecule has 4 N–H and O–H groups in total. The van der Waals surface area contributed by atoms with Gasteiger partial charge < -0.3 is 10.6 Å². The molecule has 0 aliphatic rings. The molecule has 8 heteroatoms. The minimum atomic E-state index is -3.64. The summed E-state index contributed by atoms with van der Waals surface area (Å²) in [7, 11) is -1.90. The van der Waals surface area contributed by atoms with Crippen LogP contribution in [0, 0.1) is 0 Å². The molecule has 24 heavy (non-hydrogen) atoms. The average molecular weight is 468 g/mol. The van der Waals surface area contributed by atoms with E-state index in [-0.39, 0.29) is 28.9 Å². The van der Waals surface area contributed by atoms with Crippen molar-refractivity contribution in [1.82, 2.24) is 10.6 Å². The number of hydrogen-bond acceptors (Lipinski definition) is 3. The number of unbranched alkanes of at least 4 members (excludes halogenated alkanes) is 2. The Balaban J connectivity index is 0.00000529. The van der Waals surface area contributed by atoms with Gasteiger partial charge in [0.15, 0.2) is 5.96 Å². The van der Waals surface area contributed by atoms with Crippen molar-refractivity contribution in [3.8, 4) is 0 Å². The first-order valence-electron chi connectivity index (χ1n) is 7.95. The van der Waals surface area contributed by atoms with E-state index in [0.29, 0.717) is 12.6 Å². The first-order valence-corrected chi connectivity index (χ1v) is 9.50. The summed E-state index contributed by atoms with van der Waals surface area (Å²) >= 11 is 0. The maximum Gasteiger partial charge on any atom is 0.238 e. The minimum absolute atomic E-state index is 0. The van der Waals surface area contributed by atoms with Gasteiger partial charge >= 0.3 is 0 Å². The molecule has 0 aromatic heterocycles. The lowest BCUT2D eigenvalue weighted by Gasteiger charge is -2.18. The fourth-order valence-corrected chi connectivity index (χ4v) is 2.70. The topological polar surface area (TPSA) is 96.6 Å². The number of primary sulfonamides is 1. The van der Waals surface area contributed by atoms with E-state index in [1.54, 1.807) is 19.2 Å². The van der Waals surface area contributed by atoms with Crippen LogP contribution in [-0.4, -0.2) is 27.5 Å². The second-order valence-corrected chi connectivity index (χ2v) is 7.22. The minimum Gasteiger partial charge on any atom is -0.354 e. The fraction of sp³-hybridized carbons (Fsp3) is 0.562. The number of benzene rings is 1. The van der Waals surface area contributed by atoms with E-state index in [1.807, 2.05) is 0 Å². The van der Waals surface area contributed by atoms with Crippen molar-refractivity contribution in [2.24, 2.45) is 10.1 Å². The maximum absolute atomic E-state index is 11.2. The highest BCUT2D eigenvalue weighted by atomic mass is 127. The van der Waals surface area contributed by atoms with Gasteiger partial charge in [-0.25, -0.2) is 13.6 Å². The molecule has 138 valence electrons. The quantitative estimate of drug-likeness (QED) is 0.237. The number of sulfonamides is 1. The Hall–Kier alpha value is -0.870. The summed E-state index contributed by atoms with van der Waals surface area (Å²) in [6, 6.07) is 6.86. The molecule has 0 spiro atoms. The van der Waals surface area contributed by atoms with Gasteiger partial charge in [0.05, 0.1) is 4.90 Å². The number of halogens is 1. The van der Waals surface area contributed by atoms with Crippen molar-refractivity contribution < 1.29 is 8.42 Å². The molecule has 0 heterocycles. The Morgan fingerprint density at radius 2 is 1.88 bits per heavy atom. The zero-order valence-corrected chi connectivity index (χ0v) is 17.7. The van der Waals surface area contributed by atoms with Crippen LogP contribution in [0.4, 0.5) is 0 Å². The molecule has 1 aromatic carbocycles. The van der Waals surface area contributed by atoms with Crippen LogP contribution in [-0.2, 0) is 16.6 Å². The monoisotopic (exact) mass is 468 g/mol. The van der Waals surface area contributed by atoms with Crippen molar-refractivity contribution in [2.45, 2.75) is 57.0 Å². The average Bonchev–Trinajstić information content (AvgIpc) is 2.51. The molecule has 0 saturated heterocycles. The first-order chi connectivity index (χ1) is 10.9. The number of aliphatic imine (C=N–C) groups is 1. The van der Waals surface area contributed by atoms with Gasteiger partial charge in [-0.3, -0.25) is 4.99 Å². The van der Waals surface area contributed by atoms with Gasteiger partial charge in [-0.2, -0.15) is 0 Å². The van der Waals surface area contributed by atoms with Gasteiger partial charge in [0, 0.05) is 19.6 Å². The summed E-state index contributed by atoms with van der Waals surface area (Å²) in [5, 5.41) is 11.7. The number of hydrogen-bond donors (Lipinski definition) is 3. The molecular formula is C16H29IN4O2S. The normalized spacial score (nSPS) is 13.1. The maximum atomic E-state index is 11.2. The van der Waals surface area contributed by atoms with Crippen molar-refractivity contribution >= 4 is 40.0 Å². The number of guanidine groups is 1. The van der Waals surface area contributed by atoms with Crippen LogP contribution in [0.1, 0.15) is 45.1 Å². The van der Waals surface area contributed by atoms with Gasteiger partial charge in [-0.05, 0) is 31.0 Å². The summed E-state index contributed by atoms with van der Waals surface area (Å²) in [6.45, 7) is 4.90. The lowest BCUT2D eigenvalue weighted by atomic mass is 10.1. The Labute approximate surface area is 162 Å². The molecule has 1 rings (SSSR count). The number of rotatable bonds is 8. The van der Waals surface area contributed by atoms with Crippen LogP contribution in [0.15, 0.2) is 34.2 Å². The second kappa shape index (κ2) is 11.6. The third-order valence-electron chi connectivity index (χ3n) is 3.56. The zero-order valence-electron chi connectivity index (χ0n) is 14.6. The molecule has 0 fully saturated rings. The largest absolute Gasteiger partial charge is 0.354 e. The molecule has 1 aromatic rings. The van der Waals surface area contributed by atoms with E-state index in [0.717, 1.165) is 17.9 Å². The highest BCUT2D eigenvalue weighted by Crippen LogP contribution is 2.08. The van der Waals surface area contributed by atoms with Crippen LogP contribution in [0.5, 0.6) is 0 Å². The van der Waals surface area contributed by atoms with Gasteiger partial charge in [-0.15, -0.1) is 24.0 Å². The Kier molecular flexibility index (Phi) is 11.2. The van der Waals surface area contributed by atoms with Gasteiger partial charge in [0.1, 0.15) is 0 Å². The zero-order chi connectivity index (χ0) is 17.3. The Morgan fingerprint density at radius 3 is 2.38 bits per heavy atom. The molecule has 0 amide bonds. The summed E-state index contributed by atoms with van der Waals surface area (Å²) in [5.41, 5.74) is 0.957. The molecule has 0 bridgehead atoms. The standard InChI is InChI=1S/C16H28N4O2S.HI/c1-4-5-6-7-13(2)20-16(18-3)19-12-14-8-10-15(11-9-14)23(17,21)22;/h8-11,13H,4-7,12H2,1-3H3,(H2,17,21,22)(H2,18,19,20);1H. The highest BCUT2D eigenvalue weighted by molar-refractivity contribution is 14.0. The van der Waals surface area contributed by atoms with Gasteiger partial charge in [-0.1, -0.05) is 38.3 Å². The number of nitrogens with one attached hydrogen (secondary N) is 2. The highest BCUT2D eigenvalue weighted by Gasteiger charge is 2.08. The van der Waals surface area contributed by atoms with Crippen LogP contribution < -0.4 is 15.8 Å². The van der Waals surface area contributed by atoms with Gasteiger partial charge in [0.25, 0.3) is 0 Å². The second-order valence-electron chi connectivity index (χ2n) is 5.66. The predicted molar refractivity (Wildman–Crippen MR) is 110 cm³/mol. The molecule has 6 nitrogen and oxygen atoms in total. The third kappa shape index (κ3) is 8.84. The molecular weight excluding hydrogens is 439 g/mol. The fourth-order valence-electron chi connectivity index (χ4n) is 2.18. The van der Waals surface area contributed by atoms with E-state index in [4.69, 9.17) is 5.14 Å². The van der Waals surface area contributed by atoms with Crippen molar-refractivity contribution in [1.29, 1.82) is 0 Å². The summed E-state index contributed by atoms with van der Waals surface area (Å²) in [6.07, 6.45) is 4.77. The lowest BCUT2D eigenvalue weighted by molar-refractivity contribution is 0.546.